The van der Waals surface area contributed by atoms with Crippen molar-refractivity contribution in [3.8, 4) is 6.07 Å². The maximum atomic E-state index is 12.8. The first-order valence-electron chi connectivity index (χ1n) is 9.93. The molecule has 7 heteroatoms. The minimum absolute atomic E-state index is 0.501. The first-order valence-corrected chi connectivity index (χ1v) is 9.93. The highest BCUT2D eigenvalue weighted by Crippen LogP contribution is 2.22. The molecule has 2 amide bonds. The summed E-state index contributed by atoms with van der Waals surface area (Å²) in [4.78, 5) is 29.4. The minimum atomic E-state index is -1.13. The molecule has 0 saturated carbocycles. The average Bonchev–Trinajstić information content (AvgIpc) is 2.78. The largest absolute Gasteiger partial charge is 0.431 e. The molecule has 1 unspecified atom stereocenters. The number of amides is 2. The van der Waals surface area contributed by atoms with Gasteiger partial charge in [-0.05, 0) is 26.0 Å². The standard InChI is InChI=1S/C23H26N4O3/c1-23(2,17-24)25-21(28)20(18-9-5-3-6-10-18)30-22(29)27-15-13-26(14-16-27)19-11-7-4-8-12-19/h3-12,20H,13-16H2,1-2H3,(H,25,28). The number of ether oxygens (including phenoxy) is 1. The van der Waals surface area contributed by atoms with E-state index in [1.807, 2.05) is 42.5 Å². The highest BCUT2D eigenvalue weighted by atomic mass is 16.6. The summed E-state index contributed by atoms with van der Waals surface area (Å²) in [7, 11) is 0. The molecule has 1 fully saturated rings. The molecule has 1 N–H and O–H groups in total. The summed E-state index contributed by atoms with van der Waals surface area (Å²) in [5, 5.41) is 11.9. The first kappa shape index (κ1) is 21.2. The Morgan fingerprint density at radius 3 is 2.13 bits per heavy atom. The maximum Gasteiger partial charge on any atom is 0.411 e. The second kappa shape index (κ2) is 9.31. The lowest BCUT2D eigenvalue weighted by Gasteiger charge is -2.36. The van der Waals surface area contributed by atoms with Crippen molar-refractivity contribution in [3.05, 3.63) is 66.2 Å². The zero-order chi connectivity index (χ0) is 21.6. The van der Waals surface area contributed by atoms with Crippen molar-refractivity contribution in [1.82, 2.24) is 10.2 Å². The number of anilines is 1. The quantitative estimate of drug-likeness (QED) is 0.825. The smallest absolute Gasteiger partial charge is 0.411 e. The van der Waals surface area contributed by atoms with Crippen LogP contribution in [0.5, 0.6) is 0 Å². The Bertz CT molecular complexity index is 901. The van der Waals surface area contributed by atoms with Gasteiger partial charge in [-0.2, -0.15) is 5.26 Å². The summed E-state index contributed by atoms with van der Waals surface area (Å²) in [6, 6.07) is 20.9. The Labute approximate surface area is 176 Å². The van der Waals surface area contributed by atoms with Crippen LogP contribution in [0.15, 0.2) is 60.7 Å². The van der Waals surface area contributed by atoms with E-state index in [4.69, 9.17) is 4.74 Å². The number of carbonyl (C=O) groups excluding carboxylic acids is 2. The zero-order valence-electron chi connectivity index (χ0n) is 17.2. The lowest BCUT2D eigenvalue weighted by molar-refractivity contribution is -0.131. The Hall–Kier alpha value is -3.53. The Kier molecular flexibility index (Phi) is 6.58. The van der Waals surface area contributed by atoms with Crippen LogP contribution in [0, 0.1) is 11.3 Å². The summed E-state index contributed by atoms with van der Waals surface area (Å²) in [6.45, 7) is 5.56. The molecule has 2 aromatic rings. The summed E-state index contributed by atoms with van der Waals surface area (Å²) in [6.07, 6.45) is -1.67. The van der Waals surface area contributed by atoms with Crippen molar-refractivity contribution in [1.29, 1.82) is 5.26 Å². The van der Waals surface area contributed by atoms with Gasteiger partial charge < -0.3 is 19.9 Å². The third-order valence-electron chi connectivity index (χ3n) is 4.93. The maximum absolute atomic E-state index is 12.8. The number of para-hydroxylation sites is 1. The van der Waals surface area contributed by atoms with Gasteiger partial charge in [0.25, 0.3) is 5.91 Å². The van der Waals surface area contributed by atoms with Gasteiger partial charge in [-0.25, -0.2) is 4.79 Å². The molecule has 1 saturated heterocycles. The molecule has 3 rings (SSSR count). The number of nitriles is 1. The van der Waals surface area contributed by atoms with E-state index in [9.17, 15) is 14.9 Å². The van der Waals surface area contributed by atoms with E-state index >= 15 is 0 Å². The molecule has 30 heavy (non-hydrogen) atoms. The zero-order valence-corrected chi connectivity index (χ0v) is 17.2. The van der Waals surface area contributed by atoms with Crippen LogP contribution in [0.25, 0.3) is 0 Å². The number of piperazine rings is 1. The predicted octanol–water partition coefficient (Wildman–Crippen LogP) is 3.10. The summed E-state index contributed by atoms with van der Waals surface area (Å²) in [5.41, 5.74) is 0.600. The first-order chi connectivity index (χ1) is 14.4. The molecule has 0 aliphatic carbocycles. The fourth-order valence-electron chi connectivity index (χ4n) is 3.26. The molecule has 1 aliphatic rings. The number of rotatable bonds is 5. The molecule has 156 valence electrons. The third-order valence-corrected chi connectivity index (χ3v) is 4.93. The van der Waals surface area contributed by atoms with E-state index in [-0.39, 0.29) is 0 Å². The lowest BCUT2D eigenvalue weighted by Crippen LogP contribution is -2.50. The molecule has 0 spiro atoms. The van der Waals surface area contributed by atoms with E-state index in [2.05, 4.69) is 10.2 Å². The number of nitrogens with one attached hydrogen (secondary N) is 1. The molecular formula is C23H26N4O3. The van der Waals surface area contributed by atoms with Crippen molar-refractivity contribution in [2.75, 3.05) is 31.1 Å². The van der Waals surface area contributed by atoms with E-state index in [0.717, 1.165) is 5.69 Å². The van der Waals surface area contributed by atoms with E-state index in [1.54, 1.807) is 43.0 Å². The van der Waals surface area contributed by atoms with Crippen molar-refractivity contribution >= 4 is 17.7 Å². The Morgan fingerprint density at radius 1 is 1.00 bits per heavy atom. The Morgan fingerprint density at radius 2 is 1.57 bits per heavy atom. The average molecular weight is 406 g/mol. The van der Waals surface area contributed by atoms with Gasteiger partial charge in [0.1, 0.15) is 5.54 Å². The van der Waals surface area contributed by atoms with Crippen LogP contribution < -0.4 is 10.2 Å². The molecule has 1 aliphatic heterocycles. The molecule has 1 heterocycles. The van der Waals surface area contributed by atoms with Crippen LogP contribution in [0.2, 0.25) is 0 Å². The third kappa shape index (κ3) is 5.29. The second-order valence-electron chi connectivity index (χ2n) is 7.71. The summed E-state index contributed by atoms with van der Waals surface area (Å²) >= 11 is 0. The van der Waals surface area contributed by atoms with Crippen LogP contribution >= 0.6 is 0 Å². The topological polar surface area (TPSA) is 85.7 Å². The van der Waals surface area contributed by atoms with Gasteiger partial charge in [-0.3, -0.25) is 4.79 Å². The SMILES string of the molecule is CC(C)(C#N)NC(=O)C(OC(=O)N1CCN(c2ccccc2)CC1)c1ccccc1. The molecule has 1 atom stereocenters. The normalized spacial score (nSPS) is 15.1. The number of nitrogens with zero attached hydrogens (tertiary/aromatic N) is 3. The molecular weight excluding hydrogens is 380 g/mol. The van der Waals surface area contributed by atoms with Crippen molar-refractivity contribution in [2.45, 2.75) is 25.5 Å². The van der Waals surface area contributed by atoms with Crippen LogP contribution in [-0.2, 0) is 9.53 Å². The lowest BCUT2D eigenvalue weighted by atomic mass is 10.0. The highest BCUT2D eigenvalue weighted by molar-refractivity contribution is 5.85. The van der Waals surface area contributed by atoms with Gasteiger partial charge >= 0.3 is 6.09 Å². The van der Waals surface area contributed by atoms with E-state index in [1.165, 1.54) is 0 Å². The Balaban J connectivity index is 1.67. The summed E-state index contributed by atoms with van der Waals surface area (Å²) < 4.78 is 5.62. The number of hydrogen-bond donors (Lipinski definition) is 1. The van der Waals surface area contributed by atoms with Gasteiger partial charge in [-0.1, -0.05) is 48.5 Å². The molecule has 2 aromatic carbocycles. The van der Waals surface area contributed by atoms with Crippen molar-refractivity contribution in [3.63, 3.8) is 0 Å². The molecule has 0 bridgehead atoms. The fraction of sp³-hybridized carbons (Fsp3) is 0.348. The van der Waals surface area contributed by atoms with Gasteiger partial charge in [0.05, 0.1) is 6.07 Å². The minimum Gasteiger partial charge on any atom is -0.431 e. The fourth-order valence-corrected chi connectivity index (χ4v) is 3.26. The highest BCUT2D eigenvalue weighted by Gasteiger charge is 2.32. The number of benzene rings is 2. The van der Waals surface area contributed by atoms with Gasteiger partial charge in [0.2, 0.25) is 6.10 Å². The monoisotopic (exact) mass is 406 g/mol. The molecule has 0 radical (unpaired) electrons. The molecule has 7 nitrogen and oxygen atoms in total. The number of carbonyl (C=O) groups is 2. The van der Waals surface area contributed by atoms with Crippen LogP contribution in [0.1, 0.15) is 25.5 Å². The predicted molar refractivity (Wildman–Crippen MR) is 114 cm³/mol. The van der Waals surface area contributed by atoms with Crippen LogP contribution in [-0.4, -0.2) is 48.6 Å². The number of hydrogen-bond acceptors (Lipinski definition) is 5. The van der Waals surface area contributed by atoms with Crippen LogP contribution in [0.3, 0.4) is 0 Å². The van der Waals surface area contributed by atoms with Gasteiger partial charge in [-0.15, -0.1) is 0 Å². The summed E-state index contributed by atoms with van der Waals surface area (Å²) in [5.74, 6) is -0.524. The van der Waals surface area contributed by atoms with Crippen LogP contribution in [0.4, 0.5) is 10.5 Å². The molecule has 0 aromatic heterocycles. The van der Waals surface area contributed by atoms with E-state index < -0.39 is 23.6 Å². The van der Waals surface area contributed by atoms with Crippen molar-refractivity contribution in [2.24, 2.45) is 0 Å². The van der Waals surface area contributed by atoms with Gasteiger partial charge in [0, 0.05) is 37.4 Å². The van der Waals surface area contributed by atoms with Gasteiger partial charge in [0.15, 0.2) is 0 Å². The second-order valence-corrected chi connectivity index (χ2v) is 7.71. The van der Waals surface area contributed by atoms with Crippen molar-refractivity contribution < 1.29 is 14.3 Å². The van der Waals surface area contributed by atoms with E-state index in [0.29, 0.717) is 31.7 Å².